The summed E-state index contributed by atoms with van der Waals surface area (Å²) >= 11 is 0. The number of ether oxygens (including phenoxy) is 3. The quantitative estimate of drug-likeness (QED) is 0.121. The number of amides is 2. The van der Waals surface area contributed by atoms with E-state index >= 15 is 0 Å². The Morgan fingerprint density at radius 1 is 0.982 bits per heavy atom. The third kappa shape index (κ3) is 7.28. The molecule has 2 aliphatic rings. The van der Waals surface area contributed by atoms with Gasteiger partial charge in [0.2, 0.25) is 0 Å². The number of nitrogens with zero attached hydrogens (tertiary/aromatic N) is 4. The molecule has 7 rings (SSSR count). The maximum Gasteiger partial charge on any atom is 0.264 e. The van der Waals surface area contributed by atoms with Gasteiger partial charge < -0.3 is 34.3 Å². The fraction of sp³-hybridized carbons (Fsp3) is 0.333. The van der Waals surface area contributed by atoms with Gasteiger partial charge in [-0.15, -0.1) is 5.10 Å². The van der Waals surface area contributed by atoms with Gasteiger partial charge in [0.1, 0.15) is 11.5 Å². The second kappa shape index (κ2) is 15.4. The maximum absolute atomic E-state index is 14.9. The van der Waals surface area contributed by atoms with E-state index in [4.69, 9.17) is 14.2 Å². The van der Waals surface area contributed by atoms with Crippen LogP contribution in [0.4, 0.5) is 11.4 Å². The Bertz CT molecular complexity index is 2140. The third-order valence-electron chi connectivity index (χ3n) is 11.0. The van der Waals surface area contributed by atoms with E-state index in [2.05, 4.69) is 15.6 Å². The first-order valence-corrected chi connectivity index (χ1v) is 21.5. The number of aliphatic hydroxyl groups excluding tert-OH is 1. The van der Waals surface area contributed by atoms with Crippen LogP contribution in [-0.2, 0) is 28.2 Å². The molecule has 1 spiro atoms. The minimum absolute atomic E-state index is 0.104. The molecule has 1 unspecified atom stereocenters. The van der Waals surface area contributed by atoms with E-state index in [0.717, 1.165) is 22.4 Å². The number of benzene rings is 4. The highest BCUT2D eigenvalue weighted by Crippen LogP contribution is 2.60. The molecule has 5 atom stereocenters. The number of carbonyl (C=O) groups is 2. The van der Waals surface area contributed by atoms with Crippen LogP contribution in [0.15, 0.2) is 103 Å². The van der Waals surface area contributed by atoms with Gasteiger partial charge in [-0.3, -0.25) is 14.3 Å². The van der Waals surface area contributed by atoms with Gasteiger partial charge in [-0.05, 0) is 85.2 Å². The lowest BCUT2D eigenvalue weighted by atomic mass is 9.82. The molecule has 0 bridgehead atoms. The van der Waals surface area contributed by atoms with Crippen LogP contribution in [0.25, 0.3) is 0 Å². The molecule has 1 fully saturated rings. The summed E-state index contributed by atoms with van der Waals surface area (Å²) in [7, 11) is 0.263. The first kappa shape index (κ1) is 38.0. The van der Waals surface area contributed by atoms with Crippen molar-refractivity contribution in [3.8, 4) is 11.5 Å². The molecule has 286 valence electrons. The minimum atomic E-state index is -2.91. The van der Waals surface area contributed by atoms with Gasteiger partial charge in [-0.2, -0.15) is 0 Å². The number of hydrogen-bond donors (Lipinski definition) is 3. The Kier molecular flexibility index (Phi) is 10.6. The number of rotatable bonds is 13. The molecule has 2 aliphatic heterocycles. The number of aliphatic hydroxyl groups is 1. The molecule has 4 aromatic carbocycles. The number of fused-ring (bicyclic) bond motifs is 2. The van der Waals surface area contributed by atoms with Gasteiger partial charge in [-0.25, -0.2) is 0 Å². The van der Waals surface area contributed by atoms with Crippen LogP contribution in [0.1, 0.15) is 52.0 Å². The first-order chi connectivity index (χ1) is 26.5. The van der Waals surface area contributed by atoms with Gasteiger partial charge in [-0.1, -0.05) is 54.6 Å². The van der Waals surface area contributed by atoms with Crippen LogP contribution in [-0.4, -0.2) is 72.0 Å². The van der Waals surface area contributed by atoms with Crippen molar-refractivity contribution in [2.45, 2.75) is 62.7 Å². The smallest absolute Gasteiger partial charge is 0.264 e. The molecular weight excluding hydrogens is 715 g/mol. The molecule has 0 radical (unpaired) electrons. The molecule has 1 aromatic heterocycles. The van der Waals surface area contributed by atoms with Crippen molar-refractivity contribution < 1.29 is 33.7 Å². The lowest BCUT2D eigenvalue weighted by molar-refractivity contribution is -0.146. The Labute approximate surface area is 321 Å². The highest BCUT2D eigenvalue weighted by molar-refractivity contribution is 6.71. The standard InChI is InChI=1S/C42H47N5O7Si/c1-27-39(55(4,5)51)38(21-22-46-25-36(44-45-46)34(26-48)29-9-7-6-8-10-29)54-42(27)35-23-33(53-3)19-20-37(35)47(41(42)50)24-28-11-15-31(16-12-28)43-40(49)30-13-17-32(52-2)18-14-30/h6-20,23,25,27,34,38-39,48,51H,21-22,24,26H2,1-5H3,(H,43,49)/t27-,34?,38+,39-,42+/m1/s1. The van der Waals surface area contributed by atoms with Gasteiger partial charge in [0.25, 0.3) is 11.8 Å². The van der Waals surface area contributed by atoms with Gasteiger partial charge in [0.05, 0.1) is 50.8 Å². The summed E-state index contributed by atoms with van der Waals surface area (Å²) in [4.78, 5) is 41.3. The topological polar surface area (TPSA) is 148 Å². The normalized spacial score (nSPS) is 21.1. The number of aromatic nitrogens is 3. The Hall–Kier alpha value is -5.34. The minimum Gasteiger partial charge on any atom is -0.497 e. The maximum atomic E-state index is 14.9. The average molecular weight is 762 g/mol. The number of carbonyl (C=O) groups excluding carboxylic acids is 2. The summed E-state index contributed by atoms with van der Waals surface area (Å²) < 4.78 is 19.6. The first-order valence-electron chi connectivity index (χ1n) is 18.5. The average Bonchev–Trinajstić information content (AvgIpc) is 3.85. The van der Waals surface area contributed by atoms with Crippen molar-refractivity contribution in [1.29, 1.82) is 0 Å². The Morgan fingerprint density at radius 3 is 2.33 bits per heavy atom. The summed E-state index contributed by atoms with van der Waals surface area (Å²) in [5.74, 6) is 0.178. The molecule has 12 nitrogen and oxygen atoms in total. The fourth-order valence-electron chi connectivity index (χ4n) is 8.33. The van der Waals surface area contributed by atoms with Crippen LogP contribution >= 0.6 is 0 Å². The molecule has 3 heterocycles. The molecular formula is C42H47N5O7Si. The zero-order valence-electron chi connectivity index (χ0n) is 31.7. The van der Waals surface area contributed by atoms with E-state index in [1.54, 1.807) is 48.1 Å². The summed E-state index contributed by atoms with van der Waals surface area (Å²) in [6, 6.07) is 29.6. The third-order valence-corrected chi connectivity index (χ3v) is 13.5. The van der Waals surface area contributed by atoms with Crippen molar-refractivity contribution >= 4 is 31.5 Å². The van der Waals surface area contributed by atoms with Crippen molar-refractivity contribution in [2.75, 3.05) is 31.0 Å². The summed E-state index contributed by atoms with van der Waals surface area (Å²) in [5, 5.41) is 21.9. The van der Waals surface area contributed by atoms with Gasteiger partial charge in [0, 0.05) is 41.0 Å². The van der Waals surface area contributed by atoms with E-state index in [9.17, 15) is 19.5 Å². The Morgan fingerprint density at radius 2 is 1.67 bits per heavy atom. The number of aryl methyl sites for hydroxylation is 1. The van der Waals surface area contributed by atoms with Crippen LogP contribution in [0.3, 0.4) is 0 Å². The van der Waals surface area contributed by atoms with Crippen LogP contribution in [0.5, 0.6) is 11.5 Å². The molecule has 5 aromatic rings. The zero-order valence-corrected chi connectivity index (χ0v) is 32.7. The van der Waals surface area contributed by atoms with Crippen molar-refractivity contribution in [3.05, 3.63) is 131 Å². The van der Waals surface area contributed by atoms with Crippen LogP contribution in [0.2, 0.25) is 18.6 Å². The van der Waals surface area contributed by atoms with E-state index < -0.39 is 20.0 Å². The van der Waals surface area contributed by atoms with Crippen molar-refractivity contribution in [2.24, 2.45) is 5.92 Å². The molecule has 2 amide bonds. The van der Waals surface area contributed by atoms with E-state index in [1.165, 1.54) is 0 Å². The monoisotopic (exact) mass is 761 g/mol. The molecule has 1 saturated heterocycles. The summed E-state index contributed by atoms with van der Waals surface area (Å²) in [5.41, 5.74) is 3.43. The van der Waals surface area contributed by atoms with Crippen molar-refractivity contribution in [3.63, 3.8) is 0 Å². The lowest BCUT2D eigenvalue weighted by Gasteiger charge is -2.32. The second-order valence-electron chi connectivity index (χ2n) is 14.9. The molecule has 55 heavy (non-hydrogen) atoms. The van der Waals surface area contributed by atoms with Gasteiger partial charge >= 0.3 is 0 Å². The van der Waals surface area contributed by atoms with E-state index in [0.29, 0.717) is 41.4 Å². The van der Waals surface area contributed by atoms with Crippen LogP contribution in [0, 0.1) is 5.92 Å². The number of hydrogen-bond acceptors (Lipinski definition) is 9. The summed E-state index contributed by atoms with van der Waals surface area (Å²) in [6.07, 6.45) is 1.88. The molecule has 13 heteroatoms. The van der Waals surface area contributed by atoms with Crippen molar-refractivity contribution in [1.82, 2.24) is 15.0 Å². The predicted molar refractivity (Wildman–Crippen MR) is 211 cm³/mol. The number of anilines is 2. The molecule has 3 N–H and O–H groups in total. The summed E-state index contributed by atoms with van der Waals surface area (Å²) in [6.45, 7) is 6.43. The Balaban J connectivity index is 1.12. The number of nitrogens with one attached hydrogen (secondary N) is 1. The highest BCUT2D eigenvalue weighted by Gasteiger charge is 2.66. The highest BCUT2D eigenvalue weighted by atomic mass is 28.4. The zero-order chi connectivity index (χ0) is 38.9. The fourth-order valence-corrected chi connectivity index (χ4v) is 10.9. The van der Waals surface area contributed by atoms with E-state index in [1.807, 2.05) is 99.0 Å². The number of methoxy groups -OCH3 is 2. The van der Waals surface area contributed by atoms with Gasteiger partial charge in [0.15, 0.2) is 13.9 Å². The largest absolute Gasteiger partial charge is 0.497 e. The van der Waals surface area contributed by atoms with Crippen LogP contribution < -0.4 is 19.7 Å². The predicted octanol–water partition coefficient (Wildman–Crippen LogP) is 6.11. The molecule has 0 saturated carbocycles. The SMILES string of the molecule is COc1ccc(C(=O)Nc2ccc(CN3C(=O)[C@@]4(O[C@@H](CCn5cc(C(CO)c6ccccc6)nn5)[C@H]([Si](C)(C)O)[C@H]4C)c4cc(OC)ccc43)cc2)cc1. The molecule has 0 aliphatic carbocycles. The lowest BCUT2D eigenvalue weighted by Crippen LogP contribution is -2.46. The van der Waals surface area contributed by atoms with E-state index in [-0.39, 0.29) is 42.3 Å². The second-order valence-corrected chi connectivity index (χ2v) is 18.8.